The molecule has 0 fully saturated rings. The molecule has 0 saturated heterocycles. The minimum atomic E-state index is -2.91. The van der Waals surface area contributed by atoms with E-state index in [1.54, 1.807) is 0 Å². The summed E-state index contributed by atoms with van der Waals surface area (Å²) in [6.45, 7) is 25.1. The summed E-state index contributed by atoms with van der Waals surface area (Å²) in [6, 6.07) is 83.5. The van der Waals surface area contributed by atoms with E-state index in [2.05, 4.69) is 241 Å². The van der Waals surface area contributed by atoms with Gasteiger partial charge in [0.2, 0.25) is 0 Å². The normalized spacial score (nSPS) is 12.2. The fourth-order valence-corrected chi connectivity index (χ4v) is 41.5. The number of rotatable bonds is 14. The van der Waals surface area contributed by atoms with E-state index in [0.717, 1.165) is 28.9 Å². The van der Waals surface area contributed by atoms with E-state index >= 15 is 0 Å². The average molecular weight is 1290 g/mol. The van der Waals surface area contributed by atoms with Crippen molar-refractivity contribution in [1.29, 1.82) is 0 Å². The van der Waals surface area contributed by atoms with Gasteiger partial charge in [0, 0.05) is 0 Å². The molecule has 0 aliphatic rings. The zero-order chi connectivity index (χ0) is 57.5. The van der Waals surface area contributed by atoms with Crippen LogP contribution in [0.3, 0.4) is 0 Å². The first-order valence-electron chi connectivity index (χ1n) is 26.2. The first-order valence-corrected chi connectivity index (χ1v) is 49.0. The van der Waals surface area contributed by atoms with Crippen LogP contribution in [0.2, 0.25) is 78.6 Å². The molecule has 0 bridgehead atoms. The van der Waals surface area contributed by atoms with Gasteiger partial charge in [0.15, 0.2) is 16.6 Å². The Morgan fingerprint density at radius 2 is 0.423 bits per heavy atom. The molecule has 0 saturated carbocycles. The second kappa shape index (κ2) is 28.3. The Balaban J connectivity index is 0.000000245. The van der Waals surface area contributed by atoms with Gasteiger partial charge >= 0.3 is 428 Å². The van der Waals surface area contributed by atoms with Crippen molar-refractivity contribution in [3.8, 4) is 0 Å². The number of hydrogen-bond acceptors (Lipinski definition) is 4. The summed E-state index contributed by atoms with van der Waals surface area (Å²) in [4.78, 5) is 17.3. The Labute approximate surface area is 489 Å². The van der Waals surface area contributed by atoms with Crippen LogP contribution in [0.25, 0.3) is 10.3 Å². The molecule has 16 heteroatoms. The molecular weight excluding hydrogens is 1210 g/mol. The Kier molecular flexibility index (Phi) is 23.6. The Bertz CT molecular complexity index is 2980. The van der Waals surface area contributed by atoms with E-state index < -0.39 is 61.3 Å². The third kappa shape index (κ3) is 17.6. The molecule has 404 valence electrons. The monoisotopic (exact) mass is 1290 g/mol. The maximum absolute atomic E-state index is 12.9. The number of benzene rings is 8. The summed E-state index contributed by atoms with van der Waals surface area (Å²) in [5, 5.41) is 34.6. The summed E-state index contributed by atoms with van der Waals surface area (Å²) < 4.78 is 13.7. The van der Waals surface area contributed by atoms with Crippen molar-refractivity contribution in [2.45, 2.75) is 78.6 Å². The van der Waals surface area contributed by atoms with E-state index in [9.17, 15) is 10.3 Å². The fourth-order valence-electron chi connectivity index (χ4n) is 8.37. The van der Waals surface area contributed by atoms with Gasteiger partial charge in [-0.1, -0.05) is 0 Å². The standard InChI is InChI=1S/2C28H29GeN2P2Si.2C3H10OSi/c2*1-34(2,3)31-33(26-20-12-6-13-21-26,27-22-14-7-15-23-27)28(29)32(30,24-16-8-4-9-17-24)25-18-10-5-11-19-25;2*1-5(2,3)4/h2*4-23H,1-3H3;2*4H,1-3H3/q2*-1;;. The van der Waals surface area contributed by atoms with Crippen LogP contribution >= 0.6 is 28.2 Å². The van der Waals surface area contributed by atoms with Crippen molar-refractivity contribution in [3.63, 3.8) is 0 Å². The maximum Gasteiger partial charge on any atom is 0.179 e. The van der Waals surface area contributed by atoms with Gasteiger partial charge in [0.25, 0.3) is 0 Å². The largest absolute Gasteiger partial charge is 0.433 e. The molecule has 0 aliphatic heterocycles. The Morgan fingerprint density at radius 3 is 0.551 bits per heavy atom. The molecule has 8 aromatic carbocycles. The van der Waals surface area contributed by atoms with E-state index in [1.807, 2.05) is 112 Å². The van der Waals surface area contributed by atoms with Gasteiger partial charge in [0.05, 0.1) is 0 Å². The van der Waals surface area contributed by atoms with Crippen LogP contribution in [0.4, 0.5) is 0 Å². The van der Waals surface area contributed by atoms with Crippen molar-refractivity contribution >= 4 is 144 Å². The maximum atomic E-state index is 12.9. The van der Waals surface area contributed by atoms with Gasteiger partial charge in [-0.2, -0.15) is 0 Å². The van der Waals surface area contributed by atoms with Crippen LogP contribution in [0.15, 0.2) is 251 Å². The van der Waals surface area contributed by atoms with Crippen LogP contribution in [-0.2, 0) is 0 Å². The summed E-state index contributed by atoms with van der Waals surface area (Å²) in [5.74, 6) is 0. The number of hydrogen-bond donors (Lipinski definition) is 2. The molecule has 8 aromatic rings. The molecule has 2 N–H and O–H groups in total. The molecule has 0 amide bonds. The van der Waals surface area contributed by atoms with Crippen molar-refractivity contribution in [2.75, 3.05) is 0 Å². The minimum Gasteiger partial charge on any atom is -0.433 e. The smallest absolute Gasteiger partial charge is 0.179 e. The summed E-state index contributed by atoms with van der Waals surface area (Å²) in [5.41, 5.74) is 0. The number of nitrogens with zero attached hydrogens (tertiary/aromatic N) is 4. The molecule has 78 heavy (non-hydrogen) atoms. The second-order valence-corrected chi connectivity index (χ2v) is 59.1. The van der Waals surface area contributed by atoms with E-state index in [4.69, 9.17) is 18.4 Å². The quantitative estimate of drug-likeness (QED) is 0.0835. The van der Waals surface area contributed by atoms with E-state index in [-0.39, 0.29) is 0 Å². The first-order chi connectivity index (χ1) is 36.6. The van der Waals surface area contributed by atoms with Crippen LogP contribution in [0.1, 0.15) is 0 Å². The third-order valence-electron chi connectivity index (χ3n) is 11.2. The SMILES string of the molecule is C[Si](C)(C)N=P([C](=[Ge])P(=[N-])(c1ccccc1)c1ccccc1)(c1ccccc1)c1ccccc1.C[Si](C)(C)N=P([C](=[Ge])P(=[N-])(c1ccccc1)c1ccccc1)(c1ccccc1)c1ccccc1.C[Si](C)(C)O.C[Si](C)(C)O. The molecule has 0 unspecified atom stereocenters. The van der Waals surface area contributed by atoms with Gasteiger partial charge in [-0.25, -0.2) is 0 Å². The topological polar surface area (TPSA) is 110 Å². The van der Waals surface area contributed by atoms with Gasteiger partial charge in [0.1, 0.15) is 0 Å². The predicted molar refractivity (Wildman–Crippen MR) is 367 cm³/mol. The second-order valence-electron chi connectivity index (χ2n) is 22.8. The Hall–Kier alpha value is -3.71. The van der Waals surface area contributed by atoms with Crippen molar-refractivity contribution in [3.05, 3.63) is 253 Å². The molecular formula is C62H78Ge2N4O2P4Si4-2. The van der Waals surface area contributed by atoms with E-state index in [1.165, 1.54) is 21.2 Å². The molecule has 8 rings (SSSR count). The predicted octanol–water partition coefficient (Wildman–Crippen LogP) is 14.3. The molecule has 4 radical (unpaired) electrons. The van der Waals surface area contributed by atoms with Gasteiger partial charge < -0.3 is 9.59 Å². The van der Waals surface area contributed by atoms with Crippen molar-refractivity contribution in [1.82, 2.24) is 0 Å². The van der Waals surface area contributed by atoms with Gasteiger partial charge in [-0.3, -0.25) is 0 Å². The zero-order valence-electron chi connectivity index (χ0n) is 47.6. The molecule has 0 aliphatic carbocycles. The molecule has 6 nitrogen and oxygen atoms in total. The van der Waals surface area contributed by atoms with Crippen LogP contribution < -0.4 is 42.4 Å². The van der Waals surface area contributed by atoms with Gasteiger partial charge in [-0.15, -0.1) is 0 Å². The Morgan fingerprint density at radius 1 is 0.295 bits per heavy atom. The van der Waals surface area contributed by atoms with Gasteiger partial charge in [-0.05, 0) is 39.3 Å². The third-order valence-corrected chi connectivity index (χ3v) is 40.8. The summed E-state index contributed by atoms with van der Waals surface area (Å²) in [6.07, 6.45) is 0. The molecule has 0 atom stereocenters. The van der Waals surface area contributed by atoms with Crippen molar-refractivity contribution in [2.24, 2.45) is 8.82 Å². The minimum absolute atomic E-state index is 0.973. The van der Waals surface area contributed by atoms with Crippen LogP contribution in [-0.4, -0.2) is 82.5 Å². The summed E-state index contributed by atoms with van der Waals surface area (Å²) >= 11 is 4.34. The van der Waals surface area contributed by atoms with Crippen molar-refractivity contribution < 1.29 is 9.59 Å². The summed E-state index contributed by atoms with van der Waals surface area (Å²) in [7, 11) is -17.8. The zero-order valence-corrected chi connectivity index (χ0v) is 59.3. The fraction of sp³-hybridized carbons (Fsp3) is 0.194. The molecule has 0 spiro atoms. The molecule has 0 aromatic heterocycles. The van der Waals surface area contributed by atoms with Crippen LogP contribution in [0.5, 0.6) is 0 Å². The average Bonchev–Trinajstić information content (AvgIpc) is 3.62. The first kappa shape index (κ1) is 65.1. The van der Waals surface area contributed by atoms with E-state index in [0.29, 0.717) is 0 Å². The molecule has 0 heterocycles. The van der Waals surface area contributed by atoms with Crippen LogP contribution in [0, 0.1) is 0 Å².